The summed E-state index contributed by atoms with van der Waals surface area (Å²) in [5.41, 5.74) is 1.16. The average Bonchev–Trinajstić information content (AvgIpc) is 3.26. The van der Waals surface area contributed by atoms with E-state index < -0.39 is 0 Å². The summed E-state index contributed by atoms with van der Waals surface area (Å²) in [5.74, 6) is 1.96. The van der Waals surface area contributed by atoms with Crippen molar-refractivity contribution in [2.45, 2.75) is 25.4 Å². The minimum absolute atomic E-state index is 0.140. The van der Waals surface area contributed by atoms with Crippen LogP contribution in [-0.2, 0) is 11.3 Å². The lowest BCUT2D eigenvalue weighted by molar-refractivity contribution is -0.125. The van der Waals surface area contributed by atoms with Crippen molar-refractivity contribution in [3.05, 3.63) is 23.8 Å². The van der Waals surface area contributed by atoms with E-state index in [9.17, 15) is 4.79 Å². The van der Waals surface area contributed by atoms with E-state index in [0.717, 1.165) is 62.6 Å². The number of benzene rings is 1. The molecule has 2 aliphatic rings. The Bertz CT molecular complexity index is 550. The maximum absolute atomic E-state index is 12.2. The summed E-state index contributed by atoms with van der Waals surface area (Å²) in [6, 6.07) is 6.22. The molecule has 2 fully saturated rings. The van der Waals surface area contributed by atoms with Crippen molar-refractivity contribution in [1.82, 2.24) is 15.5 Å². The zero-order valence-electron chi connectivity index (χ0n) is 14.5. The van der Waals surface area contributed by atoms with Gasteiger partial charge < -0.3 is 20.1 Å². The van der Waals surface area contributed by atoms with Gasteiger partial charge >= 0.3 is 0 Å². The van der Waals surface area contributed by atoms with Gasteiger partial charge in [0.25, 0.3) is 0 Å². The number of carbonyl (C=O) groups excluding carboxylic acids is 1. The van der Waals surface area contributed by atoms with Gasteiger partial charge in [0.2, 0.25) is 5.91 Å². The minimum atomic E-state index is 0.140. The molecule has 0 aromatic heterocycles. The smallest absolute Gasteiger partial charge is 0.224 e. The molecular weight excluding hydrogens is 306 g/mol. The first-order valence-electron chi connectivity index (χ1n) is 8.63. The molecule has 0 aliphatic carbocycles. The van der Waals surface area contributed by atoms with Crippen LogP contribution in [0.15, 0.2) is 18.2 Å². The molecule has 2 heterocycles. The maximum atomic E-state index is 12.2. The van der Waals surface area contributed by atoms with Crippen molar-refractivity contribution in [1.29, 1.82) is 0 Å². The van der Waals surface area contributed by atoms with Crippen LogP contribution in [0, 0.1) is 5.92 Å². The maximum Gasteiger partial charge on any atom is 0.224 e. The number of hydrogen-bond acceptors (Lipinski definition) is 5. The second-order valence-electron chi connectivity index (χ2n) is 6.64. The van der Waals surface area contributed by atoms with Gasteiger partial charge in [-0.15, -0.1) is 0 Å². The number of rotatable bonds is 6. The summed E-state index contributed by atoms with van der Waals surface area (Å²) in [4.78, 5) is 14.6. The fourth-order valence-electron chi connectivity index (χ4n) is 3.51. The van der Waals surface area contributed by atoms with Gasteiger partial charge in [0.1, 0.15) is 11.5 Å². The first-order valence-corrected chi connectivity index (χ1v) is 8.63. The first-order chi connectivity index (χ1) is 11.7. The molecule has 0 bridgehead atoms. The monoisotopic (exact) mass is 333 g/mol. The van der Waals surface area contributed by atoms with Crippen LogP contribution in [0.1, 0.15) is 18.4 Å². The largest absolute Gasteiger partial charge is 0.497 e. The van der Waals surface area contributed by atoms with Crippen molar-refractivity contribution in [3.8, 4) is 11.5 Å². The molecule has 1 aromatic carbocycles. The topological polar surface area (TPSA) is 62.8 Å². The fourth-order valence-corrected chi connectivity index (χ4v) is 3.51. The SMILES string of the molecule is COc1cc(CN2CCC(NC(=O)C3CCNC3)C2)cc(OC)c1. The van der Waals surface area contributed by atoms with Gasteiger partial charge in [-0.25, -0.2) is 0 Å². The lowest BCUT2D eigenvalue weighted by Gasteiger charge is -2.19. The summed E-state index contributed by atoms with van der Waals surface area (Å²) in [5, 5.41) is 6.46. The molecule has 1 aromatic rings. The van der Waals surface area contributed by atoms with E-state index in [4.69, 9.17) is 9.47 Å². The highest BCUT2D eigenvalue weighted by atomic mass is 16.5. The van der Waals surface area contributed by atoms with Crippen LogP contribution in [0.5, 0.6) is 11.5 Å². The van der Waals surface area contributed by atoms with Crippen LogP contribution in [0.2, 0.25) is 0 Å². The molecule has 0 saturated carbocycles. The average molecular weight is 333 g/mol. The number of hydrogen-bond donors (Lipinski definition) is 2. The van der Waals surface area contributed by atoms with Gasteiger partial charge in [0, 0.05) is 38.3 Å². The summed E-state index contributed by atoms with van der Waals surface area (Å²) < 4.78 is 10.7. The van der Waals surface area contributed by atoms with Gasteiger partial charge in [-0.1, -0.05) is 0 Å². The van der Waals surface area contributed by atoms with Crippen molar-refractivity contribution < 1.29 is 14.3 Å². The molecule has 132 valence electrons. The Balaban J connectivity index is 1.53. The van der Waals surface area contributed by atoms with Crippen molar-refractivity contribution in [2.75, 3.05) is 40.4 Å². The predicted octanol–water partition coefficient (Wildman–Crippen LogP) is 1.00. The lowest BCUT2D eigenvalue weighted by atomic mass is 10.1. The second kappa shape index (κ2) is 7.85. The molecule has 24 heavy (non-hydrogen) atoms. The zero-order valence-corrected chi connectivity index (χ0v) is 14.5. The highest BCUT2D eigenvalue weighted by molar-refractivity contribution is 5.79. The van der Waals surface area contributed by atoms with E-state index in [1.54, 1.807) is 14.2 Å². The Morgan fingerprint density at radius 3 is 2.62 bits per heavy atom. The van der Waals surface area contributed by atoms with Gasteiger partial charge in [0.05, 0.1) is 20.1 Å². The number of methoxy groups -OCH3 is 2. The molecular formula is C18H27N3O3. The van der Waals surface area contributed by atoms with Gasteiger partial charge in [-0.2, -0.15) is 0 Å². The quantitative estimate of drug-likeness (QED) is 0.813. The van der Waals surface area contributed by atoms with Crippen LogP contribution in [0.3, 0.4) is 0 Å². The van der Waals surface area contributed by atoms with Gasteiger partial charge in [-0.05, 0) is 37.1 Å². The van der Waals surface area contributed by atoms with E-state index in [1.807, 2.05) is 18.2 Å². The number of ether oxygens (including phenoxy) is 2. The predicted molar refractivity (Wildman–Crippen MR) is 92.3 cm³/mol. The third kappa shape index (κ3) is 4.19. The van der Waals surface area contributed by atoms with E-state index in [1.165, 1.54) is 0 Å². The Morgan fingerprint density at radius 1 is 1.25 bits per heavy atom. The molecule has 6 heteroatoms. The number of nitrogens with one attached hydrogen (secondary N) is 2. The van der Waals surface area contributed by atoms with Gasteiger partial charge in [0.15, 0.2) is 0 Å². The summed E-state index contributed by atoms with van der Waals surface area (Å²) >= 11 is 0. The van der Waals surface area contributed by atoms with Crippen LogP contribution >= 0.6 is 0 Å². The Kier molecular flexibility index (Phi) is 5.58. The normalized spacial score (nSPS) is 24.1. The van der Waals surface area contributed by atoms with Crippen molar-refractivity contribution in [2.24, 2.45) is 5.92 Å². The summed E-state index contributed by atoms with van der Waals surface area (Å²) in [6.45, 7) is 4.49. The molecule has 1 amide bonds. The molecule has 0 radical (unpaired) electrons. The molecule has 2 atom stereocenters. The third-order valence-corrected chi connectivity index (χ3v) is 4.87. The summed E-state index contributed by atoms with van der Waals surface area (Å²) in [7, 11) is 3.33. The molecule has 2 aliphatic heterocycles. The Labute approximate surface area is 143 Å². The van der Waals surface area contributed by atoms with Crippen molar-refractivity contribution in [3.63, 3.8) is 0 Å². The molecule has 0 spiro atoms. The van der Waals surface area contributed by atoms with Crippen LogP contribution in [-0.4, -0.2) is 57.2 Å². The van der Waals surface area contributed by atoms with Crippen LogP contribution in [0.4, 0.5) is 0 Å². The standard InChI is InChI=1S/C18H27N3O3/c1-23-16-7-13(8-17(9-16)24-2)11-21-6-4-15(12-21)20-18(22)14-3-5-19-10-14/h7-9,14-15,19H,3-6,10-12H2,1-2H3,(H,20,22). The van der Waals surface area contributed by atoms with E-state index in [0.29, 0.717) is 0 Å². The highest BCUT2D eigenvalue weighted by Gasteiger charge is 2.28. The first kappa shape index (κ1) is 17.0. The van der Waals surface area contributed by atoms with Crippen LogP contribution in [0.25, 0.3) is 0 Å². The number of likely N-dealkylation sites (tertiary alicyclic amines) is 1. The molecule has 3 rings (SSSR count). The molecule has 6 nitrogen and oxygen atoms in total. The van der Waals surface area contributed by atoms with Gasteiger partial charge in [-0.3, -0.25) is 9.69 Å². The number of nitrogens with zero attached hydrogens (tertiary/aromatic N) is 1. The van der Waals surface area contributed by atoms with Crippen LogP contribution < -0.4 is 20.1 Å². The lowest BCUT2D eigenvalue weighted by Crippen LogP contribution is -2.41. The van der Waals surface area contributed by atoms with E-state index >= 15 is 0 Å². The van der Waals surface area contributed by atoms with Crippen molar-refractivity contribution >= 4 is 5.91 Å². The Hall–Kier alpha value is -1.79. The molecule has 2 saturated heterocycles. The molecule has 2 unspecified atom stereocenters. The van der Waals surface area contributed by atoms with E-state index in [2.05, 4.69) is 15.5 Å². The Morgan fingerprint density at radius 2 is 2.00 bits per heavy atom. The highest BCUT2D eigenvalue weighted by Crippen LogP contribution is 2.24. The number of carbonyl (C=O) groups is 1. The zero-order chi connectivity index (χ0) is 16.9. The fraction of sp³-hybridized carbons (Fsp3) is 0.611. The third-order valence-electron chi connectivity index (χ3n) is 4.87. The minimum Gasteiger partial charge on any atom is -0.497 e. The van der Waals surface area contributed by atoms with E-state index in [-0.39, 0.29) is 17.9 Å². The second-order valence-corrected chi connectivity index (χ2v) is 6.64. The number of amides is 1. The summed E-state index contributed by atoms with van der Waals surface area (Å²) in [6.07, 6.45) is 1.96. The molecule has 2 N–H and O–H groups in total.